The zero-order valence-corrected chi connectivity index (χ0v) is 18.0. The Kier molecular flexibility index (Phi) is 7.78. The smallest absolute Gasteiger partial charge is 0.301 e. The molecule has 1 unspecified atom stereocenters. The van der Waals surface area contributed by atoms with E-state index in [9.17, 15) is 40.0 Å². The predicted octanol–water partition coefficient (Wildman–Crippen LogP) is 7.04. The Hall–Kier alpha value is -3.08. The van der Waals surface area contributed by atoms with Gasteiger partial charge in [-0.25, -0.2) is 8.78 Å². The number of rotatable bonds is 8. The molecule has 3 rings (SSSR count). The van der Waals surface area contributed by atoms with Crippen molar-refractivity contribution in [1.82, 2.24) is 5.32 Å². The van der Waals surface area contributed by atoms with Crippen molar-refractivity contribution in [3.05, 3.63) is 100 Å². The van der Waals surface area contributed by atoms with Gasteiger partial charge >= 0.3 is 12.4 Å². The van der Waals surface area contributed by atoms with Crippen LogP contribution in [0.3, 0.4) is 0 Å². The van der Waals surface area contributed by atoms with E-state index in [0.717, 1.165) is 18.2 Å². The molecule has 1 N–H and O–H groups in total. The minimum atomic E-state index is -5.03. The van der Waals surface area contributed by atoms with E-state index in [4.69, 9.17) is 0 Å². The average molecular weight is 504 g/mol. The zero-order chi connectivity index (χ0) is 25.9. The predicted molar refractivity (Wildman–Crippen MR) is 113 cm³/mol. The van der Waals surface area contributed by atoms with Crippen molar-refractivity contribution >= 4 is 0 Å². The van der Waals surface area contributed by atoms with Gasteiger partial charge < -0.3 is 5.32 Å². The third kappa shape index (κ3) is 6.33. The lowest BCUT2D eigenvalue weighted by atomic mass is 9.74. The molecule has 0 fully saturated rings. The minimum absolute atomic E-state index is 0.0902. The molecule has 188 valence electrons. The van der Waals surface area contributed by atoms with Gasteiger partial charge in [-0.2, -0.15) is 31.2 Å². The Morgan fingerprint density at radius 3 is 2.09 bits per heavy atom. The number of nitroso groups, excluding NO2 is 1. The second kappa shape index (κ2) is 10.3. The lowest BCUT2D eigenvalue weighted by Gasteiger charge is -2.40. The fourth-order valence-electron chi connectivity index (χ4n) is 4.07. The maximum Gasteiger partial charge on any atom is 0.416 e. The van der Waals surface area contributed by atoms with Gasteiger partial charge in [0.05, 0.1) is 11.1 Å². The molecule has 0 radical (unpaired) electrons. The van der Waals surface area contributed by atoms with Crippen LogP contribution in [0.25, 0.3) is 0 Å². The molecule has 0 aliphatic heterocycles. The standard InChI is InChI=1S/C24H20F8N2O/c25-19-8-6-16(7-9-19)22(13-15-4-2-1-3-5-15,33-14-21(34-35)24(30,31)32)17-10-18(23(27,28)29)12-20(26)11-17/h1-4,6-12,15,21,33H,5,13-14H2/t15?,21-,22-/m1/s1. The van der Waals surface area contributed by atoms with Gasteiger partial charge in [-0.05, 0) is 60.2 Å². The minimum Gasteiger partial charge on any atom is -0.301 e. The molecule has 0 heterocycles. The molecule has 2 aromatic carbocycles. The van der Waals surface area contributed by atoms with E-state index in [1.165, 1.54) is 12.1 Å². The van der Waals surface area contributed by atoms with Crippen LogP contribution in [0.1, 0.15) is 29.5 Å². The SMILES string of the molecule is O=N[C@H](CN[C@](CC1C=CC=CC1)(c1ccc(F)cc1)c1cc(F)cc(C(F)(F)F)c1)C(F)(F)F. The maximum atomic E-state index is 14.4. The molecule has 0 spiro atoms. The van der Waals surface area contributed by atoms with Crippen LogP contribution in [0.5, 0.6) is 0 Å². The van der Waals surface area contributed by atoms with Crippen LogP contribution in [0.2, 0.25) is 0 Å². The van der Waals surface area contributed by atoms with E-state index < -0.39 is 47.7 Å². The van der Waals surface area contributed by atoms with Crippen molar-refractivity contribution in [3.63, 3.8) is 0 Å². The summed E-state index contributed by atoms with van der Waals surface area (Å²) in [5, 5.41) is 4.68. The van der Waals surface area contributed by atoms with Crippen LogP contribution in [-0.4, -0.2) is 18.8 Å². The summed E-state index contributed by atoms with van der Waals surface area (Å²) in [5.41, 5.74) is -3.44. The van der Waals surface area contributed by atoms with Crippen LogP contribution < -0.4 is 5.32 Å². The molecule has 0 saturated carbocycles. The van der Waals surface area contributed by atoms with Crippen molar-refractivity contribution in [1.29, 1.82) is 0 Å². The summed E-state index contributed by atoms with van der Waals surface area (Å²) in [6.07, 6.45) is -2.83. The van der Waals surface area contributed by atoms with Crippen molar-refractivity contribution < 1.29 is 35.1 Å². The number of nitrogens with zero attached hydrogens (tertiary/aromatic N) is 1. The number of hydrogen-bond donors (Lipinski definition) is 1. The summed E-state index contributed by atoms with van der Waals surface area (Å²) in [7, 11) is 0. The fourth-order valence-corrected chi connectivity index (χ4v) is 4.07. The topological polar surface area (TPSA) is 41.5 Å². The van der Waals surface area contributed by atoms with Gasteiger partial charge in [-0.3, -0.25) is 0 Å². The molecule has 1 aliphatic carbocycles. The number of alkyl halides is 6. The molecular formula is C24H20F8N2O. The van der Waals surface area contributed by atoms with Crippen molar-refractivity contribution in [2.75, 3.05) is 6.54 Å². The van der Waals surface area contributed by atoms with Crippen molar-refractivity contribution in [2.45, 2.75) is 36.8 Å². The van der Waals surface area contributed by atoms with Gasteiger partial charge in [0.1, 0.15) is 11.6 Å². The first kappa shape index (κ1) is 26.5. The summed E-state index contributed by atoms with van der Waals surface area (Å²) in [4.78, 5) is 10.9. The molecule has 0 aromatic heterocycles. The van der Waals surface area contributed by atoms with E-state index in [1.54, 1.807) is 24.3 Å². The van der Waals surface area contributed by atoms with Crippen molar-refractivity contribution in [2.24, 2.45) is 11.1 Å². The van der Waals surface area contributed by atoms with Gasteiger partial charge in [-0.15, -0.1) is 0 Å². The Morgan fingerprint density at radius 2 is 1.54 bits per heavy atom. The zero-order valence-electron chi connectivity index (χ0n) is 18.0. The maximum absolute atomic E-state index is 14.4. The highest BCUT2D eigenvalue weighted by Gasteiger charge is 2.45. The summed E-state index contributed by atoms with van der Waals surface area (Å²) >= 11 is 0. The lowest BCUT2D eigenvalue weighted by Crippen LogP contribution is -2.50. The molecule has 11 heteroatoms. The Labute approximate surface area is 195 Å². The molecule has 2 aromatic rings. The number of hydrogen-bond acceptors (Lipinski definition) is 3. The highest BCUT2D eigenvalue weighted by molar-refractivity contribution is 5.42. The molecule has 0 bridgehead atoms. The second-order valence-corrected chi connectivity index (χ2v) is 8.20. The van der Waals surface area contributed by atoms with E-state index in [2.05, 4.69) is 10.5 Å². The normalized spacial score (nSPS) is 18.8. The highest BCUT2D eigenvalue weighted by Crippen LogP contribution is 2.41. The van der Waals surface area contributed by atoms with E-state index in [0.29, 0.717) is 12.5 Å². The molecule has 1 aliphatic rings. The van der Waals surface area contributed by atoms with Crippen molar-refractivity contribution in [3.8, 4) is 0 Å². The molecule has 3 atom stereocenters. The summed E-state index contributed by atoms with van der Waals surface area (Å²) < 4.78 is 109. The lowest BCUT2D eigenvalue weighted by molar-refractivity contribution is -0.146. The number of halogens is 8. The highest BCUT2D eigenvalue weighted by atomic mass is 19.4. The van der Waals surface area contributed by atoms with Crippen LogP contribution in [0, 0.1) is 22.5 Å². The number of nitrogens with one attached hydrogen (secondary N) is 1. The number of allylic oxidation sites excluding steroid dienone is 4. The van der Waals surface area contributed by atoms with Crippen LogP contribution >= 0.6 is 0 Å². The van der Waals surface area contributed by atoms with Crippen LogP contribution in [-0.2, 0) is 11.7 Å². The molecule has 0 saturated heterocycles. The molecule has 35 heavy (non-hydrogen) atoms. The van der Waals surface area contributed by atoms with E-state index in [-0.39, 0.29) is 29.5 Å². The second-order valence-electron chi connectivity index (χ2n) is 8.20. The monoisotopic (exact) mass is 504 g/mol. The third-order valence-electron chi connectivity index (χ3n) is 5.79. The largest absolute Gasteiger partial charge is 0.416 e. The fraction of sp³-hybridized carbons (Fsp3) is 0.333. The Balaban J connectivity index is 2.23. The van der Waals surface area contributed by atoms with Gasteiger partial charge in [0.2, 0.25) is 0 Å². The quantitative estimate of drug-likeness (QED) is 0.310. The Morgan fingerprint density at radius 1 is 0.886 bits per heavy atom. The molecule has 3 nitrogen and oxygen atoms in total. The summed E-state index contributed by atoms with van der Waals surface area (Å²) in [5.74, 6) is -2.34. The first-order valence-electron chi connectivity index (χ1n) is 10.5. The van der Waals surface area contributed by atoms with Gasteiger partial charge in [0, 0.05) is 6.54 Å². The summed E-state index contributed by atoms with van der Waals surface area (Å²) in [6, 6.07) is 3.34. The van der Waals surface area contributed by atoms with E-state index >= 15 is 0 Å². The number of benzene rings is 2. The first-order valence-corrected chi connectivity index (χ1v) is 10.5. The van der Waals surface area contributed by atoms with Gasteiger partial charge in [0.25, 0.3) is 0 Å². The van der Waals surface area contributed by atoms with Crippen LogP contribution in [0.15, 0.2) is 71.9 Å². The van der Waals surface area contributed by atoms with Crippen LogP contribution in [0.4, 0.5) is 35.1 Å². The Bertz CT molecular complexity index is 1090. The molecule has 0 amide bonds. The van der Waals surface area contributed by atoms with Gasteiger partial charge in [0.15, 0.2) is 6.04 Å². The average Bonchev–Trinajstić information content (AvgIpc) is 2.78. The third-order valence-corrected chi connectivity index (χ3v) is 5.79. The van der Waals surface area contributed by atoms with E-state index in [1.807, 2.05) is 0 Å². The first-order chi connectivity index (χ1) is 16.3. The van der Waals surface area contributed by atoms with Gasteiger partial charge in [-0.1, -0.05) is 41.6 Å². The summed E-state index contributed by atoms with van der Waals surface area (Å²) in [6.45, 7) is -1.10. The molecular weight excluding hydrogens is 484 g/mol.